The molecule has 0 unspecified atom stereocenters. The highest BCUT2D eigenvalue weighted by Gasteiger charge is 2.24. The van der Waals surface area contributed by atoms with Crippen molar-refractivity contribution in [1.29, 1.82) is 0 Å². The molecule has 0 saturated carbocycles. The second-order valence-electron chi connectivity index (χ2n) is 4.57. The van der Waals surface area contributed by atoms with Gasteiger partial charge in [0.15, 0.2) is 5.82 Å². The van der Waals surface area contributed by atoms with Gasteiger partial charge in [0.05, 0.1) is 6.20 Å². The Morgan fingerprint density at radius 1 is 1.45 bits per heavy atom. The van der Waals surface area contributed by atoms with Crippen LogP contribution in [0.1, 0.15) is 12.5 Å². The smallest absolute Gasteiger partial charge is 0.224 e. The number of rotatable bonds is 3. The van der Waals surface area contributed by atoms with E-state index in [1.54, 1.807) is 6.20 Å². The summed E-state index contributed by atoms with van der Waals surface area (Å²) in [4.78, 5) is 10.5. The fraction of sp³-hybridized carbons (Fsp3) is 0.286. The van der Waals surface area contributed by atoms with Crippen LogP contribution >= 0.6 is 11.6 Å². The first-order chi connectivity index (χ1) is 9.69. The van der Waals surface area contributed by atoms with Crippen LogP contribution in [0.2, 0.25) is 5.02 Å². The fourth-order valence-corrected chi connectivity index (χ4v) is 2.56. The summed E-state index contributed by atoms with van der Waals surface area (Å²) in [6.07, 6.45) is 2.42. The van der Waals surface area contributed by atoms with Crippen molar-refractivity contribution in [3.05, 3.63) is 40.8 Å². The molecule has 3 rings (SSSR count). The third kappa shape index (κ3) is 2.29. The lowest BCUT2D eigenvalue weighted by atomic mass is 10.2. The fourth-order valence-electron chi connectivity index (χ4n) is 2.36. The second kappa shape index (κ2) is 5.25. The van der Waals surface area contributed by atoms with Gasteiger partial charge < -0.3 is 10.2 Å². The molecule has 1 aromatic carbocycles. The summed E-state index contributed by atoms with van der Waals surface area (Å²) in [5.74, 6) is 0.881. The molecule has 0 amide bonds. The number of fused-ring (bicyclic) bond motifs is 1. The lowest BCUT2D eigenvalue weighted by Gasteiger charge is -2.20. The van der Waals surface area contributed by atoms with E-state index in [1.165, 1.54) is 12.1 Å². The predicted molar refractivity (Wildman–Crippen MR) is 78.3 cm³/mol. The largest absolute Gasteiger partial charge is 0.354 e. The molecule has 1 aromatic heterocycles. The molecule has 4 nitrogen and oxygen atoms in total. The molecule has 2 heterocycles. The minimum atomic E-state index is -0.257. The van der Waals surface area contributed by atoms with Crippen molar-refractivity contribution in [3.63, 3.8) is 0 Å². The molecular weight excluding hydrogens is 279 g/mol. The third-order valence-electron chi connectivity index (χ3n) is 3.26. The molecular formula is C14H14ClFN4. The molecule has 20 heavy (non-hydrogen) atoms. The topological polar surface area (TPSA) is 41.1 Å². The summed E-state index contributed by atoms with van der Waals surface area (Å²) in [5.41, 5.74) is 1.93. The minimum absolute atomic E-state index is 0.257. The highest BCUT2D eigenvalue weighted by molar-refractivity contribution is 6.33. The molecule has 0 spiro atoms. The van der Waals surface area contributed by atoms with Gasteiger partial charge in [-0.3, -0.25) is 0 Å². The Balaban J connectivity index is 2.03. The Labute approximate surface area is 121 Å². The van der Waals surface area contributed by atoms with E-state index in [1.807, 2.05) is 17.9 Å². The SMILES string of the molecule is CCNc1ncc(Cl)c(N2CCc3ccc(F)cc32)n1. The van der Waals surface area contributed by atoms with Crippen molar-refractivity contribution >= 4 is 29.1 Å². The van der Waals surface area contributed by atoms with Crippen LogP contribution in [0.3, 0.4) is 0 Å². The van der Waals surface area contributed by atoms with Crippen molar-refractivity contribution in [2.75, 3.05) is 23.3 Å². The molecule has 0 atom stereocenters. The van der Waals surface area contributed by atoms with Gasteiger partial charge in [-0.05, 0) is 31.0 Å². The summed E-state index contributed by atoms with van der Waals surface area (Å²) in [6, 6.07) is 4.81. The number of hydrogen-bond donors (Lipinski definition) is 1. The maximum absolute atomic E-state index is 13.4. The Morgan fingerprint density at radius 3 is 3.10 bits per heavy atom. The Morgan fingerprint density at radius 2 is 2.30 bits per heavy atom. The number of nitrogens with one attached hydrogen (secondary N) is 1. The lowest BCUT2D eigenvalue weighted by Crippen LogP contribution is -2.17. The van der Waals surface area contributed by atoms with Gasteiger partial charge >= 0.3 is 0 Å². The molecule has 0 bridgehead atoms. The zero-order chi connectivity index (χ0) is 14.1. The van der Waals surface area contributed by atoms with E-state index in [2.05, 4.69) is 15.3 Å². The Bertz CT molecular complexity index is 647. The normalized spacial score (nSPS) is 13.4. The van der Waals surface area contributed by atoms with Gasteiger partial charge in [-0.25, -0.2) is 9.37 Å². The average molecular weight is 293 g/mol. The van der Waals surface area contributed by atoms with E-state index in [9.17, 15) is 4.39 Å². The molecule has 0 aliphatic carbocycles. The summed E-state index contributed by atoms with van der Waals surface area (Å²) < 4.78 is 13.4. The van der Waals surface area contributed by atoms with Crippen molar-refractivity contribution in [1.82, 2.24) is 9.97 Å². The van der Waals surface area contributed by atoms with Crippen molar-refractivity contribution in [2.45, 2.75) is 13.3 Å². The molecule has 6 heteroatoms. The summed E-state index contributed by atoms with van der Waals surface area (Å²) >= 11 is 6.19. The van der Waals surface area contributed by atoms with Crippen molar-refractivity contribution in [2.24, 2.45) is 0 Å². The molecule has 0 saturated heterocycles. The van der Waals surface area contributed by atoms with Gasteiger partial charge in [0.2, 0.25) is 5.95 Å². The van der Waals surface area contributed by atoms with Gasteiger partial charge in [0.25, 0.3) is 0 Å². The van der Waals surface area contributed by atoms with Crippen LogP contribution in [-0.4, -0.2) is 23.1 Å². The first kappa shape index (κ1) is 13.1. The number of benzene rings is 1. The molecule has 1 aliphatic heterocycles. The maximum Gasteiger partial charge on any atom is 0.224 e. The van der Waals surface area contributed by atoms with E-state index < -0.39 is 0 Å². The quantitative estimate of drug-likeness (QED) is 0.941. The van der Waals surface area contributed by atoms with E-state index in [0.29, 0.717) is 16.8 Å². The molecule has 1 aliphatic rings. The highest BCUT2D eigenvalue weighted by atomic mass is 35.5. The lowest BCUT2D eigenvalue weighted by molar-refractivity contribution is 0.628. The van der Waals surface area contributed by atoms with Crippen LogP contribution in [0.4, 0.5) is 21.8 Å². The van der Waals surface area contributed by atoms with Crippen LogP contribution in [0.25, 0.3) is 0 Å². The molecule has 104 valence electrons. The van der Waals surface area contributed by atoms with Crippen LogP contribution in [0.5, 0.6) is 0 Å². The zero-order valence-electron chi connectivity index (χ0n) is 11.0. The Kier molecular flexibility index (Phi) is 3.44. The monoisotopic (exact) mass is 292 g/mol. The summed E-state index contributed by atoms with van der Waals surface area (Å²) in [6.45, 7) is 3.44. The zero-order valence-corrected chi connectivity index (χ0v) is 11.8. The molecule has 1 N–H and O–H groups in total. The van der Waals surface area contributed by atoms with Gasteiger partial charge in [0.1, 0.15) is 10.8 Å². The predicted octanol–water partition coefficient (Wildman–Crippen LogP) is 3.40. The van der Waals surface area contributed by atoms with Crippen LogP contribution in [-0.2, 0) is 6.42 Å². The van der Waals surface area contributed by atoms with E-state index in [0.717, 1.165) is 30.8 Å². The van der Waals surface area contributed by atoms with E-state index in [-0.39, 0.29) is 5.82 Å². The first-order valence-electron chi connectivity index (χ1n) is 6.51. The van der Waals surface area contributed by atoms with E-state index in [4.69, 9.17) is 11.6 Å². The second-order valence-corrected chi connectivity index (χ2v) is 4.98. The number of hydrogen-bond acceptors (Lipinski definition) is 4. The van der Waals surface area contributed by atoms with Crippen LogP contribution < -0.4 is 10.2 Å². The molecule has 0 fully saturated rings. The number of aromatic nitrogens is 2. The van der Waals surface area contributed by atoms with Crippen LogP contribution in [0, 0.1) is 5.82 Å². The number of halogens is 2. The molecule has 2 aromatic rings. The minimum Gasteiger partial charge on any atom is -0.354 e. The van der Waals surface area contributed by atoms with Gasteiger partial charge in [-0.15, -0.1) is 0 Å². The molecule has 0 radical (unpaired) electrons. The van der Waals surface area contributed by atoms with Gasteiger partial charge in [0, 0.05) is 18.8 Å². The van der Waals surface area contributed by atoms with Crippen molar-refractivity contribution < 1.29 is 4.39 Å². The van der Waals surface area contributed by atoms with Crippen molar-refractivity contribution in [3.8, 4) is 0 Å². The highest BCUT2D eigenvalue weighted by Crippen LogP contribution is 2.37. The van der Waals surface area contributed by atoms with Crippen LogP contribution in [0.15, 0.2) is 24.4 Å². The average Bonchev–Trinajstić information content (AvgIpc) is 2.84. The Hall–Kier alpha value is -1.88. The first-order valence-corrected chi connectivity index (χ1v) is 6.89. The standard InChI is InChI=1S/C14H14ClFN4/c1-2-17-14-18-8-11(15)13(19-14)20-6-5-9-3-4-10(16)7-12(9)20/h3-4,7-8H,2,5-6H2,1H3,(H,17,18,19). The maximum atomic E-state index is 13.4. The third-order valence-corrected chi connectivity index (χ3v) is 3.53. The van der Waals surface area contributed by atoms with Gasteiger partial charge in [-0.1, -0.05) is 17.7 Å². The number of nitrogens with zero attached hydrogens (tertiary/aromatic N) is 3. The summed E-state index contributed by atoms with van der Waals surface area (Å²) in [5, 5.41) is 3.51. The number of anilines is 3. The summed E-state index contributed by atoms with van der Waals surface area (Å²) in [7, 11) is 0. The van der Waals surface area contributed by atoms with E-state index >= 15 is 0 Å². The van der Waals surface area contributed by atoms with Gasteiger partial charge in [-0.2, -0.15) is 4.98 Å².